The SMILES string of the molecule is COc1c(SCc2ccccc2)cccc1B1OC(C)(C)C(C)(C)O1. The number of benzene rings is 2. The normalized spacial score (nSPS) is 18.4. The van der Waals surface area contributed by atoms with E-state index in [0.717, 1.165) is 21.9 Å². The third-order valence-electron chi connectivity index (χ3n) is 4.96. The van der Waals surface area contributed by atoms with E-state index in [2.05, 4.69) is 58.0 Å². The van der Waals surface area contributed by atoms with Gasteiger partial charge in [-0.3, -0.25) is 0 Å². The lowest BCUT2D eigenvalue weighted by Crippen LogP contribution is -2.41. The second-order valence-corrected chi connectivity index (χ2v) is 8.26. The van der Waals surface area contributed by atoms with Crippen LogP contribution in [0.3, 0.4) is 0 Å². The van der Waals surface area contributed by atoms with Gasteiger partial charge >= 0.3 is 7.12 Å². The van der Waals surface area contributed by atoms with Crippen molar-refractivity contribution in [1.29, 1.82) is 0 Å². The molecule has 0 unspecified atom stereocenters. The first-order valence-electron chi connectivity index (χ1n) is 8.53. The fraction of sp³-hybridized carbons (Fsp3) is 0.400. The molecule has 0 spiro atoms. The van der Waals surface area contributed by atoms with Crippen molar-refractivity contribution in [3.8, 4) is 5.75 Å². The van der Waals surface area contributed by atoms with E-state index in [0.29, 0.717) is 0 Å². The molecule has 1 fully saturated rings. The summed E-state index contributed by atoms with van der Waals surface area (Å²) in [5, 5.41) is 0. The molecule has 1 heterocycles. The molecule has 0 saturated carbocycles. The van der Waals surface area contributed by atoms with Crippen LogP contribution in [0.2, 0.25) is 0 Å². The number of hydrogen-bond donors (Lipinski definition) is 0. The van der Waals surface area contributed by atoms with Gasteiger partial charge in [-0.15, -0.1) is 11.8 Å². The molecule has 25 heavy (non-hydrogen) atoms. The minimum Gasteiger partial charge on any atom is -0.496 e. The Morgan fingerprint density at radius 1 is 0.920 bits per heavy atom. The highest BCUT2D eigenvalue weighted by molar-refractivity contribution is 7.98. The summed E-state index contributed by atoms with van der Waals surface area (Å²) in [6.45, 7) is 8.25. The number of rotatable bonds is 5. The Labute approximate surface area is 155 Å². The van der Waals surface area contributed by atoms with Gasteiger partial charge in [0, 0.05) is 16.1 Å². The third kappa shape index (κ3) is 3.74. The summed E-state index contributed by atoms with van der Waals surface area (Å²) in [6.07, 6.45) is 0. The van der Waals surface area contributed by atoms with E-state index in [1.54, 1.807) is 18.9 Å². The molecular formula is C20H25BO3S. The van der Waals surface area contributed by atoms with E-state index in [1.807, 2.05) is 18.2 Å². The van der Waals surface area contributed by atoms with Crippen molar-refractivity contribution in [1.82, 2.24) is 0 Å². The molecular weight excluding hydrogens is 331 g/mol. The highest BCUT2D eigenvalue weighted by Crippen LogP contribution is 2.38. The topological polar surface area (TPSA) is 27.7 Å². The zero-order valence-corrected chi connectivity index (χ0v) is 16.4. The molecule has 5 heteroatoms. The maximum atomic E-state index is 6.20. The average molecular weight is 356 g/mol. The number of para-hydroxylation sites is 1. The summed E-state index contributed by atoms with van der Waals surface area (Å²) in [7, 11) is 1.29. The number of methoxy groups -OCH3 is 1. The molecule has 0 atom stereocenters. The second kappa shape index (κ2) is 7.06. The van der Waals surface area contributed by atoms with Crippen LogP contribution in [0.1, 0.15) is 33.3 Å². The predicted octanol–water partition coefficient (Wildman–Crippen LogP) is 4.29. The Morgan fingerprint density at radius 3 is 2.16 bits per heavy atom. The Bertz CT molecular complexity index is 715. The standard InChI is InChI=1S/C20H25BO3S/c1-19(2)20(3,4)24-21(23-19)16-12-9-13-17(18(16)22-5)25-14-15-10-7-6-8-11-15/h6-13H,14H2,1-5H3. The van der Waals surface area contributed by atoms with Gasteiger partial charge in [0.1, 0.15) is 5.75 Å². The monoisotopic (exact) mass is 356 g/mol. The number of thioether (sulfide) groups is 1. The van der Waals surface area contributed by atoms with Gasteiger partial charge in [-0.1, -0.05) is 42.5 Å². The zero-order valence-electron chi connectivity index (χ0n) is 15.5. The van der Waals surface area contributed by atoms with Gasteiger partial charge in [-0.2, -0.15) is 0 Å². The van der Waals surface area contributed by atoms with Gasteiger partial charge in [-0.05, 0) is 39.3 Å². The highest BCUT2D eigenvalue weighted by Gasteiger charge is 2.52. The van der Waals surface area contributed by atoms with Crippen molar-refractivity contribution < 1.29 is 14.0 Å². The first-order chi connectivity index (χ1) is 11.8. The predicted molar refractivity (Wildman–Crippen MR) is 105 cm³/mol. The van der Waals surface area contributed by atoms with Gasteiger partial charge in [0.25, 0.3) is 0 Å². The second-order valence-electron chi connectivity index (χ2n) is 7.24. The molecule has 0 N–H and O–H groups in total. The Morgan fingerprint density at radius 2 is 1.56 bits per heavy atom. The average Bonchev–Trinajstić information content (AvgIpc) is 2.81. The summed E-state index contributed by atoms with van der Waals surface area (Å²) < 4.78 is 18.1. The van der Waals surface area contributed by atoms with E-state index < -0.39 is 7.12 Å². The molecule has 1 saturated heterocycles. The summed E-state index contributed by atoms with van der Waals surface area (Å²) in [4.78, 5) is 1.10. The molecule has 0 bridgehead atoms. The minimum atomic E-state index is -0.419. The molecule has 3 rings (SSSR count). The van der Waals surface area contributed by atoms with E-state index in [9.17, 15) is 0 Å². The van der Waals surface area contributed by atoms with Crippen molar-refractivity contribution in [3.05, 3.63) is 54.1 Å². The van der Waals surface area contributed by atoms with E-state index in [4.69, 9.17) is 14.0 Å². The van der Waals surface area contributed by atoms with E-state index in [1.165, 1.54) is 5.56 Å². The van der Waals surface area contributed by atoms with Crippen molar-refractivity contribution in [2.24, 2.45) is 0 Å². The lowest BCUT2D eigenvalue weighted by atomic mass is 9.78. The van der Waals surface area contributed by atoms with Crippen molar-refractivity contribution >= 4 is 24.3 Å². The van der Waals surface area contributed by atoms with Crippen LogP contribution in [-0.2, 0) is 15.1 Å². The maximum Gasteiger partial charge on any atom is 0.498 e. The van der Waals surface area contributed by atoms with Crippen LogP contribution < -0.4 is 10.2 Å². The molecule has 2 aromatic carbocycles. The van der Waals surface area contributed by atoms with Gasteiger partial charge in [0.15, 0.2) is 0 Å². The lowest BCUT2D eigenvalue weighted by molar-refractivity contribution is 0.00578. The molecule has 2 aromatic rings. The van der Waals surface area contributed by atoms with Crippen LogP contribution >= 0.6 is 11.8 Å². The van der Waals surface area contributed by atoms with Crippen LogP contribution in [0, 0.1) is 0 Å². The first kappa shape index (κ1) is 18.4. The maximum absolute atomic E-state index is 6.20. The van der Waals surface area contributed by atoms with Crippen LogP contribution in [0.25, 0.3) is 0 Å². The zero-order chi connectivity index (χ0) is 18.1. The van der Waals surface area contributed by atoms with Gasteiger partial charge in [-0.25, -0.2) is 0 Å². The summed E-state index contributed by atoms with van der Waals surface area (Å²) in [6, 6.07) is 16.6. The first-order valence-corrected chi connectivity index (χ1v) is 9.52. The molecule has 0 aliphatic carbocycles. The van der Waals surface area contributed by atoms with Gasteiger partial charge in [0.05, 0.1) is 18.3 Å². The molecule has 1 aliphatic rings. The lowest BCUT2D eigenvalue weighted by Gasteiger charge is -2.32. The van der Waals surface area contributed by atoms with Crippen LogP contribution in [0.15, 0.2) is 53.4 Å². The molecule has 0 aromatic heterocycles. The van der Waals surface area contributed by atoms with Crippen molar-refractivity contribution in [2.75, 3.05) is 7.11 Å². The third-order valence-corrected chi connectivity index (χ3v) is 6.07. The highest BCUT2D eigenvalue weighted by atomic mass is 32.2. The number of hydrogen-bond acceptors (Lipinski definition) is 4. The van der Waals surface area contributed by atoms with Crippen molar-refractivity contribution in [3.63, 3.8) is 0 Å². The largest absolute Gasteiger partial charge is 0.498 e. The van der Waals surface area contributed by atoms with E-state index >= 15 is 0 Å². The smallest absolute Gasteiger partial charge is 0.496 e. The van der Waals surface area contributed by atoms with Crippen LogP contribution in [0.5, 0.6) is 5.75 Å². The minimum absolute atomic E-state index is 0.365. The van der Waals surface area contributed by atoms with E-state index in [-0.39, 0.29) is 11.2 Å². The summed E-state index contributed by atoms with van der Waals surface area (Å²) in [5.74, 6) is 1.73. The Kier molecular flexibility index (Phi) is 5.19. The molecule has 132 valence electrons. The molecule has 1 aliphatic heterocycles. The molecule has 0 radical (unpaired) electrons. The number of ether oxygens (including phenoxy) is 1. The quantitative estimate of drug-likeness (QED) is 0.590. The van der Waals surface area contributed by atoms with Crippen LogP contribution in [-0.4, -0.2) is 25.4 Å². The fourth-order valence-corrected chi connectivity index (χ4v) is 3.78. The van der Waals surface area contributed by atoms with Gasteiger partial charge in [0.2, 0.25) is 0 Å². The Balaban J connectivity index is 1.84. The van der Waals surface area contributed by atoms with Crippen molar-refractivity contribution in [2.45, 2.75) is 49.5 Å². The molecule has 3 nitrogen and oxygen atoms in total. The van der Waals surface area contributed by atoms with Gasteiger partial charge < -0.3 is 14.0 Å². The summed E-state index contributed by atoms with van der Waals surface area (Å²) in [5.41, 5.74) is 1.50. The fourth-order valence-electron chi connectivity index (χ4n) is 2.76. The molecule has 0 amide bonds. The van der Waals surface area contributed by atoms with Crippen LogP contribution in [0.4, 0.5) is 0 Å². The summed E-state index contributed by atoms with van der Waals surface area (Å²) >= 11 is 1.76. The Hall–Kier alpha value is -1.43.